The average Bonchev–Trinajstić information content (AvgIpc) is 2.83. The SMILES string of the molecule is O=C(NCCC1CCCN1)c1ccccc1. The summed E-state index contributed by atoms with van der Waals surface area (Å²) in [5.74, 6) is 0.0265. The van der Waals surface area contributed by atoms with Crippen molar-refractivity contribution in [2.45, 2.75) is 25.3 Å². The zero-order valence-corrected chi connectivity index (χ0v) is 9.41. The van der Waals surface area contributed by atoms with Crippen LogP contribution in [0.1, 0.15) is 29.6 Å². The Labute approximate surface area is 96.2 Å². The number of carbonyl (C=O) groups excluding carboxylic acids is 1. The molecular weight excluding hydrogens is 200 g/mol. The molecule has 86 valence electrons. The van der Waals surface area contributed by atoms with Gasteiger partial charge in [-0.2, -0.15) is 0 Å². The number of hydrogen-bond acceptors (Lipinski definition) is 2. The first-order valence-electron chi connectivity index (χ1n) is 5.93. The summed E-state index contributed by atoms with van der Waals surface area (Å²) in [5, 5.41) is 6.37. The second-order valence-corrected chi connectivity index (χ2v) is 4.20. The Bertz CT molecular complexity index is 331. The predicted molar refractivity (Wildman–Crippen MR) is 64.4 cm³/mol. The summed E-state index contributed by atoms with van der Waals surface area (Å²) in [6.07, 6.45) is 3.52. The van der Waals surface area contributed by atoms with E-state index in [2.05, 4.69) is 10.6 Å². The van der Waals surface area contributed by atoms with Crippen LogP contribution in [0.5, 0.6) is 0 Å². The zero-order valence-electron chi connectivity index (χ0n) is 9.41. The maximum Gasteiger partial charge on any atom is 0.251 e. The molecule has 0 bridgehead atoms. The van der Waals surface area contributed by atoms with Gasteiger partial charge in [0.1, 0.15) is 0 Å². The van der Waals surface area contributed by atoms with Gasteiger partial charge < -0.3 is 10.6 Å². The van der Waals surface area contributed by atoms with Crippen molar-refractivity contribution < 1.29 is 4.79 Å². The average molecular weight is 218 g/mol. The second kappa shape index (κ2) is 5.66. The third-order valence-electron chi connectivity index (χ3n) is 2.98. The first kappa shape index (κ1) is 11.1. The van der Waals surface area contributed by atoms with Crippen molar-refractivity contribution >= 4 is 5.91 Å². The van der Waals surface area contributed by atoms with Gasteiger partial charge in [-0.25, -0.2) is 0 Å². The Hall–Kier alpha value is -1.35. The molecule has 1 amide bonds. The molecule has 1 aromatic carbocycles. The van der Waals surface area contributed by atoms with E-state index in [1.165, 1.54) is 12.8 Å². The molecule has 3 heteroatoms. The van der Waals surface area contributed by atoms with Gasteiger partial charge in [0.25, 0.3) is 5.91 Å². The summed E-state index contributed by atoms with van der Waals surface area (Å²) in [4.78, 5) is 11.7. The standard InChI is InChI=1S/C13H18N2O/c16-13(11-5-2-1-3-6-11)15-10-8-12-7-4-9-14-12/h1-3,5-6,12,14H,4,7-10H2,(H,15,16). The summed E-state index contributed by atoms with van der Waals surface area (Å²) >= 11 is 0. The molecule has 2 rings (SSSR count). The second-order valence-electron chi connectivity index (χ2n) is 4.20. The van der Waals surface area contributed by atoms with Crippen molar-refractivity contribution in [1.82, 2.24) is 10.6 Å². The predicted octanol–water partition coefficient (Wildman–Crippen LogP) is 1.56. The third-order valence-corrected chi connectivity index (χ3v) is 2.98. The first-order chi connectivity index (χ1) is 7.86. The van der Waals surface area contributed by atoms with Gasteiger partial charge in [-0.3, -0.25) is 4.79 Å². The van der Waals surface area contributed by atoms with Crippen LogP contribution in [0.15, 0.2) is 30.3 Å². The summed E-state index contributed by atoms with van der Waals surface area (Å²) < 4.78 is 0. The minimum atomic E-state index is 0.0265. The Balaban J connectivity index is 1.71. The van der Waals surface area contributed by atoms with E-state index in [1.54, 1.807) is 0 Å². The van der Waals surface area contributed by atoms with Gasteiger partial charge in [-0.1, -0.05) is 18.2 Å². The van der Waals surface area contributed by atoms with E-state index in [0.29, 0.717) is 6.04 Å². The van der Waals surface area contributed by atoms with Crippen LogP contribution in [-0.2, 0) is 0 Å². The molecule has 0 saturated carbocycles. The van der Waals surface area contributed by atoms with E-state index in [1.807, 2.05) is 30.3 Å². The molecule has 1 unspecified atom stereocenters. The van der Waals surface area contributed by atoms with Crippen molar-refractivity contribution in [3.05, 3.63) is 35.9 Å². The van der Waals surface area contributed by atoms with Crippen molar-refractivity contribution in [3.63, 3.8) is 0 Å². The molecule has 1 fully saturated rings. The fourth-order valence-electron chi connectivity index (χ4n) is 2.05. The Kier molecular flexibility index (Phi) is 3.94. The van der Waals surface area contributed by atoms with Gasteiger partial charge in [0, 0.05) is 18.2 Å². The molecule has 1 saturated heterocycles. The normalized spacial score (nSPS) is 19.6. The zero-order chi connectivity index (χ0) is 11.2. The molecule has 1 aromatic rings. The number of benzene rings is 1. The van der Waals surface area contributed by atoms with Crippen LogP contribution in [0.3, 0.4) is 0 Å². The summed E-state index contributed by atoms with van der Waals surface area (Å²) in [7, 11) is 0. The highest BCUT2D eigenvalue weighted by atomic mass is 16.1. The van der Waals surface area contributed by atoms with Gasteiger partial charge in [0.15, 0.2) is 0 Å². The van der Waals surface area contributed by atoms with Gasteiger partial charge in [-0.15, -0.1) is 0 Å². The summed E-state index contributed by atoms with van der Waals surface area (Å²) in [6.45, 7) is 1.88. The lowest BCUT2D eigenvalue weighted by Gasteiger charge is -2.10. The Morgan fingerprint density at radius 1 is 1.38 bits per heavy atom. The number of amides is 1. The highest BCUT2D eigenvalue weighted by Gasteiger charge is 2.13. The van der Waals surface area contributed by atoms with Crippen LogP contribution < -0.4 is 10.6 Å². The Morgan fingerprint density at radius 2 is 2.19 bits per heavy atom. The van der Waals surface area contributed by atoms with Crippen molar-refractivity contribution in [2.24, 2.45) is 0 Å². The van der Waals surface area contributed by atoms with Crippen molar-refractivity contribution in [1.29, 1.82) is 0 Å². The lowest BCUT2D eigenvalue weighted by atomic mass is 10.1. The first-order valence-corrected chi connectivity index (χ1v) is 5.93. The van der Waals surface area contributed by atoms with Crippen LogP contribution in [-0.4, -0.2) is 25.0 Å². The highest BCUT2D eigenvalue weighted by Crippen LogP contribution is 2.07. The van der Waals surface area contributed by atoms with E-state index < -0.39 is 0 Å². The van der Waals surface area contributed by atoms with E-state index in [4.69, 9.17) is 0 Å². The van der Waals surface area contributed by atoms with Gasteiger partial charge in [0.2, 0.25) is 0 Å². The van der Waals surface area contributed by atoms with Crippen LogP contribution >= 0.6 is 0 Å². The van der Waals surface area contributed by atoms with E-state index >= 15 is 0 Å². The molecule has 1 aliphatic rings. The fraction of sp³-hybridized carbons (Fsp3) is 0.462. The molecule has 0 radical (unpaired) electrons. The van der Waals surface area contributed by atoms with E-state index in [9.17, 15) is 4.79 Å². The summed E-state index contributed by atoms with van der Waals surface area (Å²) in [6, 6.07) is 9.95. The molecule has 0 spiro atoms. The van der Waals surface area contributed by atoms with E-state index in [0.717, 1.165) is 25.1 Å². The maximum absolute atomic E-state index is 11.7. The lowest BCUT2D eigenvalue weighted by molar-refractivity contribution is 0.0952. The monoisotopic (exact) mass is 218 g/mol. The fourth-order valence-corrected chi connectivity index (χ4v) is 2.05. The van der Waals surface area contributed by atoms with Crippen LogP contribution in [0.2, 0.25) is 0 Å². The number of carbonyl (C=O) groups is 1. The topological polar surface area (TPSA) is 41.1 Å². The molecule has 1 aliphatic heterocycles. The highest BCUT2D eigenvalue weighted by molar-refractivity contribution is 5.94. The quantitative estimate of drug-likeness (QED) is 0.805. The van der Waals surface area contributed by atoms with Crippen LogP contribution in [0, 0.1) is 0 Å². The molecular formula is C13H18N2O. The van der Waals surface area contributed by atoms with Gasteiger partial charge in [-0.05, 0) is 37.9 Å². The minimum Gasteiger partial charge on any atom is -0.352 e. The van der Waals surface area contributed by atoms with Gasteiger partial charge >= 0.3 is 0 Å². The van der Waals surface area contributed by atoms with Crippen LogP contribution in [0.25, 0.3) is 0 Å². The third kappa shape index (κ3) is 3.07. The Morgan fingerprint density at radius 3 is 2.88 bits per heavy atom. The number of rotatable bonds is 4. The van der Waals surface area contributed by atoms with Gasteiger partial charge in [0.05, 0.1) is 0 Å². The largest absolute Gasteiger partial charge is 0.352 e. The lowest BCUT2D eigenvalue weighted by Crippen LogP contribution is -2.30. The molecule has 2 N–H and O–H groups in total. The molecule has 3 nitrogen and oxygen atoms in total. The number of hydrogen-bond donors (Lipinski definition) is 2. The molecule has 0 aromatic heterocycles. The maximum atomic E-state index is 11.7. The minimum absolute atomic E-state index is 0.0265. The van der Waals surface area contributed by atoms with E-state index in [-0.39, 0.29) is 5.91 Å². The number of nitrogens with one attached hydrogen (secondary N) is 2. The summed E-state index contributed by atoms with van der Waals surface area (Å²) in [5.41, 5.74) is 0.738. The molecule has 1 atom stereocenters. The molecule has 1 heterocycles. The van der Waals surface area contributed by atoms with Crippen molar-refractivity contribution in [2.75, 3.05) is 13.1 Å². The van der Waals surface area contributed by atoms with Crippen LogP contribution in [0.4, 0.5) is 0 Å². The molecule has 16 heavy (non-hydrogen) atoms. The smallest absolute Gasteiger partial charge is 0.251 e. The van der Waals surface area contributed by atoms with Crippen molar-refractivity contribution in [3.8, 4) is 0 Å². The molecule has 0 aliphatic carbocycles.